The number of carboxylic acids is 3. The van der Waals surface area contributed by atoms with Crippen LogP contribution in [-0.2, 0) is 0 Å². The van der Waals surface area contributed by atoms with Crippen molar-refractivity contribution in [3.63, 3.8) is 0 Å². The third kappa shape index (κ3) is 22.3. The van der Waals surface area contributed by atoms with Crippen LogP contribution in [0.1, 0.15) is 136 Å². The highest BCUT2D eigenvalue weighted by atomic mass is 16.6. The van der Waals surface area contributed by atoms with E-state index in [9.17, 15) is 29.7 Å². The predicted octanol–water partition coefficient (Wildman–Crippen LogP) is 12.5. The normalized spacial score (nSPS) is 10.6. The van der Waals surface area contributed by atoms with Gasteiger partial charge in [-0.2, -0.15) is 0 Å². The van der Waals surface area contributed by atoms with Crippen molar-refractivity contribution in [1.82, 2.24) is 0 Å². The van der Waals surface area contributed by atoms with Gasteiger partial charge in [-0.1, -0.05) is 70.9 Å². The Morgan fingerprint density at radius 1 is 0.377 bits per heavy atom. The molecule has 3 aromatic carbocycles. The zero-order valence-electron chi connectivity index (χ0n) is 41.1. The number of hydrogen-bond donors (Lipinski definition) is 3. The molecule has 0 fully saturated rings. The van der Waals surface area contributed by atoms with Crippen molar-refractivity contribution in [3.8, 4) is 51.7 Å². The number of hydrogen-bond acceptors (Lipinski definition) is 12. The van der Waals surface area contributed by atoms with E-state index in [1.54, 1.807) is 18.2 Å². The molecule has 0 atom stereocenters. The summed E-state index contributed by atoms with van der Waals surface area (Å²) in [5.74, 6) is 0.200. The first-order valence-electron chi connectivity index (χ1n) is 23.9. The van der Waals surface area contributed by atoms with Crippen molar-refractivity contribution in [2.45, 2.75) is 105 Å². The molecule has 15 nitrogen and oxygen atoms in total. The minimum atomic E-state index is -1.07. The van der Waals surface area contributed by atoms with Crippen LogP contribution in [-0.4, -0.2) is 92.7 Å². The first kappa shape index (κ1) is 58.4. The fourth-order valence-electron chi connectivity index (χ4n) is 5.84. The average molecular weight is 963 g/mol. The zero-order valence-corrected chi connectivity index (χ0v) is 41.1. The summed E-state index contributed by atoms with van der Waals surface area (Å²) in [4.78, 5) is 34.8. The lowest BCUT2D eigenvalue weighted by atomic mass is 10.1. The molecule has 0 aliphatic carbocycles. The molecule has 3 rings (SSSR count). The topological polar surface area (TPSA) is 195 Å². The van der Waals surface area contributed by atoms with Crippen molar-refractivity contribution < 1.29 is 72.3 Å². The average Bonchev–Trinajstić information content (AvgIpc) is 3.33. The van der Waals surface area contributed by atoms with Gasteiger partial charge in [0.2, 0.25) is 17.2 Å². The summed E-state index contributed by atoms with van der Waals surface area (Å²) >= 11 is 0. The first-order chi connectivity index (χ1) is 33.5. The van der Waals surface area contributed by atoms with Gasteiger partial charge >= 0.3 is 17.9 Å². The monoisotopic (exact) mass is 963 g/mol. The van der Waals surface area contributed by atoms with E-state index in [0.717, 1.165) is 44.9 Å². The molecule has 0 radical (unpaired) electrons. The van der Waals surface area contributed by atoms with Crippen molar-refractivity contribution in [1.29, 1.82) is 0 Å². The Balaban J connectivity index is 0.000000572. The molecule has 0 spiro atoms. The molecular formula is C54H74O15. The van der Waals surface area contributed by atoms with Gasteiger partial charge in [0, 0.05) is 0 Å². The highest BCUT2D eigenvalue weighted by Gasteiger charge is 2.21. The van der Waals surface area contributed by atoms with E-state index in [4.69, 9.17) is 42.6 Å². The van der Waals surface area contributed by atoms with E-state index in [1.807, 2.05) is 26.0 Å². The number of benzene rings is 3. The highest BCUT2D eigenvalue weighted by Crippen LogP contribution is 2.42. The Hall–Kier alpha value is -6.77. The Bertz CT molecular complexity index is 2020. The summed E-state index contributed by atoms with van der Waals surface area (Å²) in [7, 11) is 0. The molecule has 3 aromatic rings. The summed E-state index contributed by atoms with van der Waals surface area (Å²) < 4.78 is 52.5. The second-order valence-electron chi connectivity index (χ2n) is 15.3. The van der Waals surface area contributed by atoms with Crippen LogP contribution >= 0.6 is 0 Å². The van der Waals surface area contributed by atoms with Crippen molar-refractivity contribution in [2.24, 2.45) is 0 Å². The van der Waals surface area contributed by atoms with E-state index < -0.39 is 17.9 Å². The van der Waals surface area contributed by atoms with Gasteiger partial charge < -0.3 is 58.0 Å². The Morgan fingerprint density at radius 2 is 0.652 bits per heavy atom. The van der Waals surface area contributed by atoms with Gasteiger partial charge in [0.1, 0.15) is 0 Å². The molecule has 0 saturated carbocycles. The minimum absolute atomic E-state index is 0.0766. The third-order valence-electron chi connectivity index (χ3n) is 9.42. The van der Waals surface area contributed by atoms with Gasteiger partial charge in [-0.3, -0.25) is 0 Å². The second-order valence-corrected chi connectivity index (χ2v) is 15.3. The van der Waals surface area contributed by atoms with Crippen molar-refractivity contribution >= 4 is 17.9 Å². The first-order valence-corrected chi connectivity index (χ1v) is 23.9. The van der Waals surface area contributed by atoms with Gasteiger partial charge in [-0.05, 0) is 101 Å². The predicted molar refractivity (Wildman–Crippen MR) is 267 cm³/mol. The van der Waals surface area contributed by atoms with Gasteiger partial charge in [-0.25, -0.2) is 14.4 Å². The standard InChI is InChI=1S/C35H50O10.C19H24O5/c1-5-9-18-40-28-22-26(34(36)37)24-30(32(28)44-16-7-3)42-20-14-12-11-13-15-21-43-31-25-27(35(38)39)23-29(41-19-10-6-2)33(31)45-17-8-4;1-4-7-10-22-16-13-15(19(20)21)14-17(23-11-8-5-2)18(16)24-12-9-6-3/h11-12,22-25H,5-10,13-21H2,1-4H3,(H,36,37)(H,38,39);4-6,13-14H,1-3,7-12H2,(H,20,21)/b12-11-;. The highest BCUT2D eigenvalue weighted by molar-refractivity contribution is 5.90. The quantitative estimate of drug-likeness (QED) is 0.0362. The van der Waals surface area contributed by atoms with Crippen LogP contribution in [0.5, 0.6) is 51.7 Å². The number of aromatic carboxylic acids is 3. The van der Waals surface area contributed by atoms with Gasteiger partial charge in [0.05, 0.1) is 76.2 Å². The number of rotatable bonds is 38. The smallest absolute Gasteiger partial charge is 0.335 e. The minimum Gasteiger partial charge on any atom is -0.490 e. The Kier molecular flexibility index (Phi) is 29.9. The molecule has 0 bridgehead atoms. The molecule has 0 amide bonds. The zero-order chi connectivity index (χ0) is 50.7. The molecule has 380 valence electrons. The lowest BCUT2D eigenvalue weighted by Gasteiger charge is -2.18. The Labute approximate surface area is 408 Å². The van der Waals surface area contributed by atoms with Crippen LogP contribution in [0.15, 0.2) is 86.5 Å². The lowest BCUT2D eigenvalue weighted by molar-refractivity contribution is 0.0685. The summed E-state index contributed by atoms with van der Waals surface area (Å²) in [5, 5.41) is 28.5. The summed E-state index contributed by atoms with van der Waals surface area (Å²) in [6.45, 7) is 22.7. The SMILES string of the molecule is C=CCCOc1cc(C(=O)O)cc(OCCC=C)c1OCCC=C.CCCCOc1cc(C(=O)O)cc(OCC/C=C\CCCOc2cc(C(=O)O)cc(OCCCC)c2OCCC)c1OCCC. The number of ether oxygens (including phenoxy) is 9. The van der Waals surface area contributed by atoms with E-state index in [0.29, 0.717) is 143 Å². The lowest BCUT2D eigenvalue weighted by Crippen LogP contribution is -2.08. The van der Waals surface area contributed by atoms with Gasteiger partial charge in [-0.15, -0.1) is 19.7 Å². The summed E-state index contributed by atoms with van der Waals surface area (Å²) in [5.41, 5.74) is 0.234. The molecule has 0 aliphatic rings. The molecule has 0 heterocycles. The van der Waals surface area contributed by atoms with Gasteiger partial charge in [0.15, 0.2) is 34.5 Å². The molecule has 69 heavy (non-hydrogen) atoms. The number of carboxylic acid groups (broad SMARTS) is 3. The van der Waals surface area contributed by atoms with Gasteiger partial charge in [0.25, 0.3) is 0 Å². The fraction of sp³-hybridized carbons (Fsp3) is 0.463. The maximum atomic E-state index is 11.7. The van der Waals surface area contributed by atoms with Crippen LogP contribution < -0.4 is 42.6 Å². The number of carbonyl (C=O) groups is 3. The van der Waals surface area contributed by atoms with E-state index in [1.165, 1.54) is 36.4 Å². The maximum absolute atomic E-state index is 11.7. The summed E-state index contributed by atoms with van der Waals surface area (Å²) in [6.07, 6.45) is 18.3. The number of unbranched alkanes of at least 4 members (excludes halogenated alkanes) is 3. The van der Waals surface area contributed by atoms with Crippen LogP contribution in [0.2, 0.25) is 0 Å². The molecule has 0 unspecified atom stereocenters. The second kappa shape index (κ2) is 35.4. The number of allylic oxidation sites excluding steroid dienone is 1. The van der Waals surface area contributed by atoms with E-state index in [-0.39, 0.29) is 16.7 Å². The molecule has 15 heteroatoms. The van der Waals surface area contributed by atoms with Crippen LogP contribution in [0.4, 0.5) is 0 Å². The van der Waals surface area contributed by atoms with Crippen LogP contribution in [0.3, 0.4) is 0 Å². The largest absolute Gasteiger partial charge is 0.490 e. The van der Waals surface area contributed by atoms with Crippen LogP contribution in [0, 0.1) is 0 Å². The summed E-state index contributed by atoms with van der Waals surface area (Å²) in [6, 6.07) is 8.79. The van der Waals surface area contributed by atoms with Crippen molar-refractivity contribution in [2.75, 3.05) is 59.5 Å². The molecule has 3 N–H and O–H groups in total. The molecule has 0 saturated heterocycles. The van der Waals surface area contributed by atoms with Crippen LogP contribution in [0.25, 0.3) is 0 Å². The maximum Gasteiger partial charge on any atom is 0.335 e. The third-order valence-corrected chi connectivity index (χ3v) is 9.42. The van der Waals surface area contributed by atoms with E-state index in [2.05, 4.69) is 33.6 Å². The Morgan fingerprint density at radius 3 is 0.957 bits per heavy atom. The molecule has 0 aromatic heterocycles. The van der Waals surface area contributed by atoms with Crippen molar-refractivity contribution in [3.05, 3.63) is 103 Å². The van der Waals surface area contributed by atoms with E-state index >= 15 is 0 Å². The molecular weight excluding hydrogens is 889 g/mol. The fourth-order valence-corrected chi connectivity index (χ4v) is 5.84. The molecule has 0 aliphatic heterocycles.